The summed E-state index contributed by atoms with van der Waals surface area (Å²) in [5.74, 6) is 0.0102. The van der Waals surface area contributed by atoms with Crippen LogP contribution in [0.5, 0.6) is 0 Å². The van der Waals surface area contributed by atoms with Gasteiger partial charge in [0.1, 0.15) is 5.60 Å². The average Bonchev–Trinajstić information content (AvgIpc) is 2.83. The van der Waals surface area contributed by atoms with Gasteiger partial charge in [-0.3, -0.25) is 9.59 Å². The number of nitrogens with one attached hydrogen (secondary N) is 1. The van der Waals surface area contributed by atoms with Crippen molar-refractivity contribution in [2.45, 2.75) is 51.5 Å². The second kappa shape index (κ2) is 7.91. The Morgan fingerprint density at radius 2 is 2.08 bits per heavy atom. The molecule has 1 atom stereocenters. The number of benzene rings is 1. The summed E-state index contributed by atoms with van der Waals surface area (Å²) in [5.41, 5.74) is 1.11. The van der Waals surface area contributed by atoms with E-state index in [0.717, 1.165) is 11.3 Å². The van der Waals surface area contributed by atoms with Crippen LogP contribution in [-0.2, 0) is 20.9 Å². The first kappa shape index (κ1) is 19.3. The highest BCUT2D eigenvalue weighted by molar-refractivity contribution is 8.14. The summed E-state index contributed by atoms with van der Waals surface area (Å²) in [6, 6.07) is 7.45. The number of thioether (sulfide) groups is 1. The molecule has 1 aliphatic rings. The largest absolute Gasteiger partial charge is 0.444 e. The van der Waals surface area contributed by atoms with Gasteiger partial charge in [0.05, 0.1) is 0 Å². The number of alkyl carbamates (subject to hydrolysis) is 1. The van der Waals surface area contributed by atoms with Gasteiger partial charge < -0.3 is 15.0 Å². The van der Waals surface area contributed by atoms with Crippen LogP contribution in [0.4, 0.5) is 10.5 Å². The van der Waals surface area contributed by atoms with Crippen molar-refractivity contribution >= 4 is 34.6 Å². The Balaban J connectivity index is 1.98. The summed E-state index contributed by atoms with van der Waals surface area (Å²) in [4.78, 5) is 36.9. The molecule has 2 rings (SSSR count). The minimum absolute atomic E-state index is 0.00598. The lowest BCUT2D eigenvalue weighted by molar-refractivity contribution is -0.117. The molecule has 0 aromatic heterocycles. The Bertz CT molecular complexity index is 669. The fourth-order valence-electron chi connectivity index (χ4n) is 2.56. The molecule has 1 aromatic carbocycles. The lowest BCUT2D eigenvalue weighted by Crippen LogP contribution is -2.32. The quantitative estimate of drug-likeness (QED) is 0.888. The van der Waals surface area contributed by atoms with Gasteiger partial charge in [-0.2, -0.15) is 0 Å². The van der Waals surface area contributed by atoms with Crippen molar-refractivity contribution in [3.05, 3.63) is 29.8 Å². The van der Waals surface area contributed by atoms with E-state index in [9.17, 15) is 14.4 Å². The lowest BCUT2D eigenvalue weighted by Gasteiger charge is -2.20. The highest BCUT2D eigenvalue weighted by atomic mass is 32.2. The second-order valence-electron chi connectivity index (χ2n) is 6.97. The van der Waals surface area contributed by atoms with Crippen molar-refractivity contribution in [1.82, 2.24) is 5.32 Å². The summed E-state index contributed by atoms with van der Waals surface area (Å²) in [5, 5.41) is 2.72. The maximum atomic E-state index is 12.2. The van der Waals surface area contributed by atoms with Gasteiger partial charge in [0.25, 0.3) is 0 Å². The summed E-state index contributed by atoms with van der Waals surface area (Å²) >= 11 is 1.21. The van der Waals surface area contributed by atoms with Crippen LogP contribution in [0.25, 0.3) is 0 Å². The Morgan fingerprint density at radius 1 is 1.36 bits per heavy atom. The van der Waals surface area contributed by atoms with E-state index >= 15 is 0 Å². The molecular weight excluding hydrogens is 340 g/mol. The van der Waals surface area contributed by atoms with Crippen LogP contribution in [0.1, 0.15) is 39.7 Å². The molecule has 25 heavy (non-hydrogen) atoms. The zero-order valence-corrected chi connectivity index (χ0v) is 15.8. The number of nitrogens with zero attached hydrogens (tertiary/aromatic N) is 1. The molecular formula is C18H24N2O4S. The molecule has 0 bridgehead atoms. The highest BCUT2D eigenvalue weighted by Crippen LogP contribution is 2.29. The van der Waals surface area contributed by atoms with Crippen LogP contribution < -0.4 is 10.2 Å². The molecule has 2 amide bonds. The first-order valence-corrected chi connectivity index (χ1v) is 9.05. The van der Waals surface area contributed by atoms with Gasteiger partial charge in [-0.15, -0.1) is 0 Å². The highest BCUT2D eigenvalue weighted by Gasteiger charge is 2.31. The van der Waals surface area contributed by atoms with Crippen molar-refractivity contribution in [3.8, 4) is 0 Å². The van der Waals surface area contributed by atoms with Crippen LogP contribution in [0, 0.1) is 0 Å². The summed E-state index contributed by atoms with van der Waals surface area (Å²) < 4.78 is 5.21. The first-order chi connectivity index (χ1) is 11.6. The molecule has 1 heterocycles. The molecule has 136 valence electrons. The van der Waals surface area contributed by atoms with Gasteiger partial charge in [-0.25, -0.2) is 4.79 Å². The van der Waals surface area contributed by atoms with Crippen LogP contribution in [0.15, 0.2) is 24.3 Å². The summed E-state index contributed by atoms with van der Waals surface area (Å²) in [6.07, 6.45) is -0.113. The first-order valence-electron chi connectivity index (χ1n) is 8.17. The maximum absolute atomic E-state index is 12.2. The van der Waals surface area contributed by atoms with E-state index in [1.54, 1.807) is 4.90 Å². The smallest absolute Gasteiger partial charge is 0.407 e. The zero-order chi connectivity index (χ0) is 18.6. The Hall–Kier alpha value is -2.02. The van der Waals surface area contributed by atoms with Crippen molar-refractivity contribution in [2.24, 2.45) is 0 Å². The molecule has 0 spiro atoms. The van der Waals surface area contributed by atoms with Gasteiger partial charge in [0, 0.05) is 37.4 Å². The molecule has 1 N–H and O–H groups in total. The molecule has 6 nitrogen and oxygen atoms in total. The SMILES string of the molecule is CC(=O)SC1CC(=O)N(c2cccc(CNC(=O)OC(C)(C)C)c2)C1. The molecule has 1 aromatic rings. The van der Waals surface area contributed by atoms with Gasteiger partial charge in [-0.05, 0) is 38.5 Å². The van der Waals surface area contributed by atoms with Crippen LogP contribution in [0.2, 0.25) is 0 Å². The topological polar surface area (TPSA) is 75.7 Å². The number of amides is 2. The van der Waals surface area contributed by atoms with Gasteiger partial charge in [-0.1, -0.05) is 23.9 Å². The van der Waals surface area contributed by atoms with Gasteiger partial charge in [0.15, 0.2) is 5.12 Å². The molecule has 1 saturated heterocycles. The van der Waals surface area contributed by atoms with Crippen molar-refractivity contribution in [2.75, 3.05) is 11.4 Å². The molecule has 0 radical (unpaired) electrons. The summed E-state index contributed by atoms with van der Waals surface area (Å²) in [6.45, 7) is 7.77. The van der Waals surface area contributed by atoms with E-state index in [1.165, 1.54) is 18.7 Å². The Labute approximate surface area is 152 Å². The van der Waals surface area contributed by atoms with Gasteiger partial charge in [0.2, 0.25) is 5.91 Å². The second-order valence-corrected chi connectivity index (χ2v) is 8.44. The number of rotatable bonds is 4. The Morgan fingerprint density at radius 3 is 2.72 bits per heavy atom. The predicted octanol–water partition coefficient (Wildman–Crippen LogP) is 3.10. The number of hydrogen-bond acceptors (Lipinski definition) is 5. The summed E-state index contributed by atoms with van der Waals surface area (Å²) in [7, 11) is 0. The zero-order valence-electron chi connectivity index (χ0n) is 15.0. The third kappa shape index (κ3) is 6.08. The maximum Gasteiger partial charge on any atom is 0.407 e. The molecule has 1 aliphatic heterocycles. The third-order valence-electron chi connectivity index (χ3n) is 3.48. The van der Waals surface area contributed by atoms with Crippen LogP contribution in [-0.4, -0.2) is 34.5 Å². The van der Waals surface area contributed by atoms with Crippen LogP contribution >= 0.6 is 11.8 Å². The van der Waals surface area contributed by atoms with E-state index in [-0.39, 0.29) is 16.3 Å². The minimum atomic E-state index is -0.544. The van der Waals surface area contributed by atoms with Crippen molar-refractivity contribution in [1.29, 1.82) is 0 Å². The molecule has 0 aliphatic carbocycles. The number of carbonyl (C=O) groups is 3. The third-order valence-corrected chi connectivity index (χ3v) is 4.46. The van der Waals surface area contributed by atoms with E-state index in [0.29, 0.717) is 19.5 Å². The number of carbonyl (C=O) groups excluding carboxylic acids is 3. The monoisotopic (exact) mass is 364 g/mol. The van der Waals surface area contributed by atoms with Crippen molar-refractivity contribution in [3.63, 3.8) is 0 Å². The van der Waals surface area contributed by atoms with E-state index < -0.39 is 11.7 Å². The Kier molecular flexibility index (Phi) is 6.11. The molecule has 0 saturated carbocycles. The molecule has 1 fully saturated rings. The number of anilines is 1. The molecule has 1 unspecified atom stereocenters. The average molecular weight is 364 g/mol. The normalized spacial score (nSPS) is 17.5. The van der Waals surface area contributed by atoms with E-state index in [4.69, 9.17) is 4.74 Å². The van der Waals surface area contributed by atoms with Crippen molar-refractivity contribution < 1.29 is 19.1 Å². The fourth-order valence-corrected chi connectivity index (χ4v) is 3.48. The fraction of sp³-hybridized carbons (Fsp3) is 0.500. The number of hydrogen-bond donors (Lipinski definition) is 1. The predicted molar refractivity (Wildman–Crippen MR) is 98.5 cm³/mol. The minimum Gasteiger partial charge on any atom is -0.444 e. The van der Waals surface area contributed by atoms with E-state index in [1.807, 2.05) is 45.0 Å². The lowest BCUT2D eigenvalue weighted by atomic mass is 10.2. The molecule has 7 heteroatoms. The standard InChI is InChI=1S/C18H24N2O4S/c1-12(21)25-15-9-16(22)20(11-15)14-7-5-6-13(8-14)10-19-17(23)24-18(2,3)4/h5-8,15H,9-11H2,1-4H3,(H,19,23). The number of ether oxygens (including phenoxy) is 1. The van der Waals surface area contributed by atoms with E-state index in [2.05, 4.69) is 5.32 Å². The van der Waals surface area contributed by atoms with Crippen LogP contribution in [0.3, 0.4) is 0 Å². The van der Waals surface area contributed by atoms with Gasteiger partial charge >= 0.3 is 6.09 Å².